The Balaban J connectivity index is 0.00000323. The van der Waals surface area contributed by atoms with Crippen LogP contribution in [0.2, 0.25) is 0 Å². The van der Waals surface area contributed by atoms with E-state index in [2.05, 4.69) is 20.1 Å². The minimum absolute atomic E-state index is 0. The highest BCUT2D eigenvalue weighted by molar-refractivity contribution is 5.99. The number of aliphatic hydroxyl groups is 1. The van der Waals surface area contributed by atoms with Crippen LogP contribution in [0.4, 0.5) is 4.39 Å². The number of hydrogen-bond acceptors (Lipinski definition) is 6. The highest BCUT2D eigenvalue weighted by Crippen LogP contribution is 2.30. The molecule has 0 saturated carbocycles. The average Bonchev–Trinajstić information content (AvgIpc) is 3.58. The lowest BCUT2D eigenvalue weighted by Crippen LogP contribution is -2.47. The van der Waals surface area contributed by atoms with Crippen molar-refractivity contribution in [2.24, 2.45) is 0 Å². The molecule has 0 atom stereocenters. The molecule has 2 fully saturated rings. The first-order valence-corrected chi connectivity index (χ1v) is 13.9. The van der Waals surface area contributed by atoms with Crippen molar-refractivity contribution in [3.05, 3.63) is 65.8 Å². The summed E-state index contributed by atoms with van der Waals surface area (Å²) < 4.78 is 25.8. The van der Waals surface area contributed by atoms with Gasteiger partial charge < -0.3 is 34.4 Å². The monoisotopic (exact) mass is 570 g/mol. The van der Waals surface area contributed by atoms with Crippen molar-refractivity contribution in [3.8, 4) is 5.75 Å². The molecule has 10 heteroatoms. The van der Waals surface area contributed by atoms with Gasteiger partial charge in [0.1, 0.15) is 29.5 Å². The van der Waals surface area contributed by atoms with Gasteiger partial charge in [-0.3, -0.25) is 4.79 Å². The molecule has 4 aromatic rings. The Bertz CT molecular complexity index is 1440. The van der Waals surface area contributed by atoms with Crippen LogP contribution in [0.25, 0.3) is 21.9 Å². The number of nitrogens with one attached hydrogen (secondary N) is 2. The Morgan fingerprint density at radius 1 is 1.05 bits per heavy atom. The third-order valence-corrected chi connectivity index (χ3v) is 8.09. The van der Waals surface area contributed by atoms with Crippen molar-refractivity contribution in [3.63, 3.8) is 0 Å². The number of fused-ring (bicyclic) bond motifs is 2. The number of aliphatic hydroxyl groups excluding tert-OH is 1. The minimum atomic E-state index is -0.341. The normalized spacial score (nSPS) is 17.8. The van der Waals surface area contributed by atoms with Crippen LogP contribution in [-0.4, -0.2) is 77.2 Å². The quantitative estimate of drug-likeness (QED) is 0.284. The second-order valence-corrected chi connectivity index (χ2v) is 10.7. The van der Waals surface area contributed by atoms with E-state index in [1.807, 2.05) is 24.3 Å². The number of furan rings is 1. The van der Waals surface area contributed by atoms with E-state index in [0.29, 0.717) is 28.0 Å². The number of likely N-dealkylation sites (tertiary alicyclic amines) is 2. The van der Waals surface area contributed by atoms with Gasteiger partial charge in [-0.2, -0.15) is 0 Å². The van der Waals surface area contributed by atoms with Gasteiger partial charge in [0.05, 0.1) is 17.8 Å². The van der Waals surface area contributed by atoms with Crippen LogP contribution in [0.1, 0.15) is 41.7 Å². The summed E-state index contributed by atoms with van der Waals surface area (Å²) in [4.78, 5) is 21.2. The van der Waals surface area contributed by atoms with E-state index in [9.17, 15) is 14.3 Å². The maximum Gasteiger partial charge on any atom is 0.267 e. The number of halogens is 2. The van der Waals surface area contributed by atoms with E-state index in [1.165, 1.54) is 12.3 Å². The van der Waals surface area contributed by atoms with Crippen molar-refractivity contribution in [1.82, 2.24) is 20.1 Å². The van der Waals surface area contributed by atoms with Gasteiger partial charge in [0.15, 0.2) is 0 Å². The zero-order chi connectivity index (χ0) is 26.8. The highest BCUT2D eigenvalue weighted by Gasteiger charge is 2.23. The van der Waals surface area contributed by atoms with Gasteiger partial charge in [0.2, 0.25) is 0 Å². The molecule has 3 N–H and O–H groups in total. The predicted octanol–water partition coefficient (Wildman–Crippen LogP) is 4.70. The Kier molecular flexibility index (Phi) is 8.95. The van der Waals surface area contributed by atoms with Crippen molar-refractivity contribution in [2.45, 2.75) is 44.4 Å². The summed E-state index contributed by atoms with van der Waals surface area (Å²) in [7, 11) is 0. The topological polar surface area (TPSA) is 94.0 Å². The molecule has 0 unspecified atom stereocenters. The number of benzene rings is 2. The van der Waals surface area contributed by atoms with Gasteiger partial charge in [0.25, 0.3) is 5.91 Å². The molecule has 0 bridgehead atoms. The number of carbonyl (C=O) groups excluding carboxylic acids is 1. The summed E-state index contributed by atoms with van der Waals surface area (Å²) in [6.45, 7) is 6.11. The lowest BCUT2D eigenvalue weighted by molar-refractivity contribution is 0.0729. The first-order chi connectivity index (χ1) is 19.0. The van der Waals surface area contributed by atoms with E-state index in [1.54, 1.807) is 12.1 Å². The molecule has 0 aliphatic carbocycles. The van der Waals surface area contributed by atoms with Gasteiger partial charge in [-0.1, -0.05) is 12.1 Å². The standard InChI is InChI=1S/C30H35FN4O4.ClH/c31-24-3-1-6-28-29(24)20(19-39-28)18-38-27-5-2-4-25-23(27)17-26(33-25)30(37)32-21-7-11-34(12-8-21)15-16-35-13-9-22(36)10-14-35;/h1-6,17,19,21-22,33,36H,7-16,18H2,(H,32,37);1H. The largest absolute Gasteiger partial charge is 0.488 e. The molecular weight excluding hydrogens is 535 g/mol. The molecule has 1 amide bonds. The number of piperidine rings is 2. The summed E-state index contributed by atoms with van der Waals surface area (Å²) in [6, 6.07) is 12.3. The first-order valence-electron chi connectivity index (χ1n) is 13.9. The molecule has 2 aromatic heterocycles. The number of hydrogen-bond donors (Lipinski definition) is 3. The molecule has 2 aliphatic rings. The van der Waals surface area contributed by atoms with Gasteiger partial charge in [0, 0.05) is 61.8 Å². The zero-order valence-electron chi connectivity index (χ0n) is 22.4. The number of carbonyl (C=O) groups is 1. The smallest absolute Gasteiger partial charge is 0.267 e. The minimum Gasteiger partial charge on any atom is -0.488 e. The number of aromatic amines is 1. The summed E-state index contributed by atoms with van der Waals surface area (Å²) in [5, 5.41) is 14.1. The van der Waals surface area contributed by atoms with Gasteiger partial charge >= 0.3 is 0 Å². The van der Waals surface area contributed by atoms with Crippen molar-refractivity contribution >= 4 is 40.2 Å². The third kappa shape index (κ3) is 6.28. The fraction of sp³-hybridized carbons (Fsp3) is 0.433. The van der Waals surface area contributed by atoms with Crippen molar-refractivity contribution in [1.29, 1.82) is 0 Å². The molecule has 2 aliphatic heterocycles. The first kappa shape index (κ1) is 28.4. The fourth-order valence-corrected chi connectivity index (χ4v) is 5.73. The number of ether oxygens (including phenoxy) is 1. The van der Waals surface area contributed by atoms with Crippen LogP contribution in [0.3, 0.4) is 0 Å². The number of aromatic nitrogens is 1. The van der Waals surface area contributed by atoms with Crippen molar-refractivity contribution < 1.29 is 23.4 Å². The van der Waals surface area contributed by atoms with E-state index in [-0.39, 0.29) is 42.9 Å². The Labute approximate surface area is 238 Å². The molecule has 214 valence electrons. The molecule has 0 spiro atoms. The number of rotatable bonds is 8. The van der Waals surface area contributed by atoms with E-state index >= 15 is 0 Å². The molecule has 6 rings (SSSR count). The van der Waals surface area contributed by atoms with Gasteiger partial charge in [-0.25, -0.2) is 4.39 Å². The number of nitrogens with zero attached hydrogens (tertiary/aromatic N) is 2. The van der Waals surface area contributed by atoms with E-state index < -0.39 is 0 Å². The highest BCUT2D eigenvalue weighted by atomic mass is 35.5. The van der Waals surface area contributed by atoms with Crippen molar-refractivity contribution in [2.75, 3.05) is 39.3 Å². The van der Waals surface area contributed by atoms with Crippen LogP contribution in [0, 0.1) is 5.82 Å². The fourth-order valence-electron chi connectivity index (χ4n) is 5.73. The molecule has 4 heterocycles. The second kappa shape index (κ2) is 12.6. The maximum absolute atomic E-state index is 14.3. The Morgan fingerprint density at radius 2 is 1.75 bits per heavy atom. The second-order valence-electron chi connectivity index (χ2n) is 10.7. The molecule has 0 radical (unpaired) electrons. The van der Waals surface area contributed by atoms with Crippen LogP contribution in [0.15, 0.2) is 53.1 Å². The zero-order valence-corrected chi connectivity index (χ0v) is 23.2. The molecule has 40 heavy (non-hydrogen) atoms. The van der Waals surface area contributed by atoms with Gasteiger partial charge in [-0.15, -0.1) is 12.4 Å². The lowest BCUT2D eigenvalue weighted by atomic mass is 10.0. The lowest BCUT2D eigenvalue weighted by Gasteiger charge is -2.35. The maximum atomic E-state index is 14.3. The predicted molar refractivity (Wildman–Crippen MR) is 155 cm³/mol. The van der Waals surface area contributed by atoms with Crippen LogP contribution < -0.4 is 10.1 Å². The van der Waals surface area contributed by atoms with Crippen LogP contribution in [0.5, 0.6) is 5.75 Å². The van der Waals surface area contributed by atoms with Crippen LogP contribution in [-0.2, 0) is 6.61 Å². The van der Waals surface area contributed by atoms with Crippen LogP contribution >= 0.6 is 12.4 Å². The van der Waals surface area contributed by atoms with E-state index in [0.717, 1.165) is 75.9 Å². The summed E-state index contributed by atoms with van der Waals surface area (Å²) >= 11 is 0. The Hall–Kier alpha value is -3.11. The molecule has 2 aromatic carbocycles. The average molecular weight is 571 g/mol. The summed E-state index contributed by atoms with van der Waals surface area (Å²) in [5.74, 6) is 0.155. The molecule has 8 nitrogen and oxygen atoms in total. The molecule has 2 saturated heterocycles. The third-order valence-electron chi connectivity index (χ3n) is 8.09. The number of amides is 1. The number of H-pyrrole nitrogens is 1. The SMILES string of the molecule is Cl.O=C(NC1CCN(CCN2CCC(O)CC2)CC1)c1cc2c(OCc3coc4cccc(F)c34)cccc2[nH]1. The molecular formula is C30H36ClFN4O4. The van der Waals surface area contributed by atoms with E-state index in [4.69, 9.17) is 9.15 Å². The van der Waals surface area contributed by atoms with Gasteiger partial charge in [-0.05, 0) is 56.0 Å². The summed E-state index contributed by atoms with van der Waals surface area (Å²) in [6.07, 6.45) is 4.98. The Morgan fingerprint density at radius 3 is 2.50 bits per heavy atom. The summed E-state index contributed by atoms with van der Waals surface area (Å²) in [5.41, 5.74) is 2.42.